The Hall–Kier alpha value is -3.40. The molecule has 0 atom stereocenters. The lowest BCUT2D eigenvalue weighted by Gasteiger charge is -2.07. The number of rotatable bonds is 9. The van der Waals surface area contributed by atoms with Crippen LogP contribution in [0.25, 0.3) is 11.5 Å². The number of nitrogens with one attached hydrogen (secondary N) is 1. The van der Waals surface area contributed by atoms with Gasteiger partial charge < -0.3 is 13.9 Å². The van der Waals surface area contributed by atoms with Gasteiger partial charge in [-0.25, -0.2) is 8.42 Å². The zero-order valence-electron chi connectivity index (χ0n) is 17.4. The van der Waals surface area contributed by atoms with Crippen molar-refractivity contribution in [3.63, 3.8) is 0 Å². The SMILES string of the molecule is CCOc1ccc(OCC(=O)Nc2nnc(-c3ccc(S(=O)(=O)C(C)C)cc3)o2)cc1. The van der Waals surface area contributed by atoms with Crippen molar-refractivity contribution in [2.24, 2.45) is 0 Å². The van der Waals surface area contributed by atoms with Gasteiger partial charge in [-0.05, 0) is 69.3 Å². The summed E-state index contributed by atoms with van der Waals surface area (Å²) in [6.45, 7) is 5.46. The normalized spacial score (nSPS) is 11.4. The minimum atomic E-state index is -3.37. The predicted molar refractivity (Wildman–Crippen MR) is 114 cm³/mol. The number of hydrogen-bond donors (Lipinski definition) is 1. The fraction of sp³-hybridized carbons (Fsp3) is 0.286. The van der Waals surface area contributed by atoms with E-state index in [1.54, 1.807) is 50.2 Å². The van der Waals surface area contributed by atoms with E-state index in [0.29, 0.717) is 23.7 Å². The first kappa shape index (κ1) is 22.3. The van der Waals surface area contributed by atoms with E-state index in [1.165, 1.54) is 12.1 Å². The van der Waals surface area contributed by atoms with Crippen LogP contribution in [0, 0.1) is 0 Å². The Morgan fingerprint density at radius 1 is 1.00 bits per heavy atom. The fourth-order valence-electron chi connectivity index (χ4n) is 2.55. The van der Waals surface area contributed by atoms with Gasteiger partial charge in [0, 0.05) is 5.56 Å². The van der Waals surface area contributed by atoms with Crippen molar-refractivity contribution >= 4 is 21.8 Å². The van der Waals surface area contributed by atoms with Crippen molar-refractivity contribution < 1.29 is 27.1 Å². The quantitative estimate of drug-likeness (QED) is 0.532. The molecule has 2 aromatic carbocycles. The van der Waals surface area contributed by atoms with E-state index in [9.17, 15) is 13.2 Å². The maximum atomic E-state index is 12.2. The van der Waals surface area contributed by atoms with E-state index in [2.05, 4.69) is 15.5 Å². The van der Waals surface area contributed by atoms with Gasteiger partial charge in [-0.2, -0.15) is 0 Å². The highest BCUT2D eigenvalue weighted by Gasteiger charge is 2.19. The zero-order valence-corrected chi connectivity index (χ0v) is 18.2. The molecule has 10 heteroatoms. The maximum Gasteiger partial charge on any atom is 0.322 e. The minimum absolute atomic E-state index is 0.0887. The van der Waals surface area contributed by atoms with Gasteiger partial charge in [0.15, 0.2) is 16.4 Å². The van der Waals surface area contributed by atoms with Gasteiger partial charge in [-0.3, -0.25) is 10.1 Å². The third-order valence-corrected chi connectivity index (χ3v) is 6.40. The summed E-state index contributed by atoms with van der Waals surface area (Å²) in [6.07, 6.45) is 0. The first-order chi connectivity index (χ1) is 14.8. The molecule has 0 aliphatic heterocycles. The van der Waals surface area contributed by atoms with Crippen LogP contribution in [-0.2, 0) is 14.6 Å². The number of carbonyl (C=O) groups is 1. The Morgan fingerprint density at radius 3 is 2.19 bits per heavy atom. The lowest BCUT2D eigenvalue weighted by atomic mass is 10.2. The number of hydrogen-bond acceptors (Lipinski definition) is 8. The molecule has 1 N–H and O–H groups in total. The summed E-state index contributed by atoms with van der Waals surface area (Å²) in [7, 11) is -3.37. The van der Waals surface area contributed by atoms with E-state index in [1.807, 2.05) is 6.92 Å². The zero-order chi connectivity index (χ0) is 22.4. The highest BCUT2D eigenvalue weighted by molar-refractivity contribution is 7.92. The van der Waals surface area contributed by atoms with Crippen LogP contribution in [0.2, 0.25) is 0 Å². The molecule has 0 fully saturated rings. The van der Waals surface area contributed by atoms with E-state index in [0.717, 1.165) is 0 Å². The van der Waals surface area contributed by atoms with Crippen LogP contribution >= 0.6 is 0 Å². The van der Waals surface area contributed by atoms with Crippen molar-refractivity contribution in [3.8, 4) is 23.0 Å². The van der Waals surface area contributed by atoms with Gasteiger partial charge in [0.2, 0.25) is 5.89 Å². The largest absolute Gasteiger partial charge is 0.494 e. The molecule has 0 saturated heterocycles. The van der Waals surface area contributed by atoms with E-state index in [4.69, 9.17) is 13.9 Å². The molecule has 164 valence electrons. The Bertz CT molecular complexity index is 1120. The second kappa shape index (κ2) is 9.61. The topological polar surface area (TPSA) is 121 Å². The van der Waals surface area contributed by atoms with Gasteiger partial charge >= 0.3 is 6.01 Å². The summed E-state index contributed by atoms with van der Waals surface area (Å²) >= 11 is 0. The Labute approximate surface area is 180 Å². The summed E-state index contributed by atoms with van der Waals surface area (Å²) in [5, 5.41) is 9.60. The lowest BCUT2D eigenvalue weighted by Crippen LogP contribution is -2.20. The van der Waals surface area contributed by atoms with Crippen LogP contribution in [0.15, 0.2) is 57.8 Å². The van der Waals surface area contributed by atoms with Crippen molar-refractivity contribution in [3.05, 3.63) is 48.5 Å². The molecule has 0 bridgehead atoms. The lowest BCUT2D eigenvalue weighted by molar-refractivity contribution is -0.118. The van der Waals surface area contributed by atoms with E-state index in [-0.39, 0.29) is 23.4 Å². The second-order valence-corrected chi connectivity index (χ2v) is 9.28. The minimum Gasteiger partial charge on any atom is -0.494 e. The average molecular weight is 445 g/mol. The molecule has 0 radical (unpaired) electrons. The molecule has 0 aliphatic rings. The van der Waals surface area contributed by atoms with E-state index >= 15 is 0 Å². The molecule has 31 heavy (non-hydrogen) atoms. The molecule has 1 amide bonds. The first-order valence-corrected chi connectivity index (χ1v) is 11.2. The number of carbonyl (C=O) groups excluding carboxylic acids is 1. The van der Waals surface area contributed by atoms with Crippen molar-refractivity contribution in [1.82, 2.24) is 10.2 Å². The molecule has 0 unspecified atom stereocenters. The molecule has 0 aliphatic carbocycles. The fourth-order valence-corrected chi connectivity index (χ4v) is 3.61. The van der Waals surface area contributed by atoms with E-state index < -0.39 is 21.0 Å². The molecular formula is C21H23N3O6S. The second-order valence-electron chi connectivity index (χ2n) is 6.77. The number of anilines is 1. The number of amides is 1. The number of nitrogens with zero attached hydrogens (tertiary/aromatic N) is 2. The third kappa shape index (κ3) is 5.60. The number of ether oxygens (including phenoxy) is 2. The van der Waals surface area contributed by atoms with Crippen molar-refractivity contribution in [2.45, 2.75) is 30.9 Å². The molecule has 9 nitrogen and oxygen atoms in total. The molecule has 3 rings (SSSR count). The Morgan fingerprint density at radius 2 is 1.61 bits per heavy atom. The highest BCUT2D eigenvalue weighted by atomic mass is 32.2. The van der Waals surface area contributed by atoms with Crippen molar-refractivity contribution in [2.75, 3.05) is 18.5 Å². The summed E-state index contributed by atoms with van der Waals surface area (Å²) in [5.41, 5.74) is 0.529. The van der Waals surface area contributed by atoms with Crippen LogP contribution in [0.1, 0.15) is 20.8 Å². The monoisotopic (exact) mass is 445 g/mol. The third-order valence-electron chi connectivity index (χ3n) is 4.23. The van der Waals surface area contributed by atoms with Crippen molar-refractivity contribution in [1.29, 1.82) is 0 Å². The maximum absolute atomic E-state index is 12.2. The van der Waals surface area contributed by atoms with Crippen LogP contribution < -0.4 is 14.8 Å². The van der Waals surface area contributed by atoms with Gasteiger partial charge in [-0.1, -0.05) is 5.10 Å². The molecule has 0 saturated carbocycles. The summed E-state index contributed by atoms with van der Waals surface area (Å²) < 4.78 is 40.6. The number of aromatic nitrogens is 2. The van der Waals surface area contributed by atoms with Gasteiger partial charge in [0.1, 0.15) is 11.5 Å². The van der Waals surface area contributed by atoms with Crippen LogP contribution in [0.5, 0.6) is 11.5 Å². The molecular weight excluding hydrogens is 422 g/mol. The molecule has 1 heterocycles. The Balaban J connectivity index is 1.57. The number of sulfone groups is 1. The van der Waals surface area contributed by atoms with Crippen LogP contribution in [-0.4, -0.2) is 43.0 Å². The summed E-state index contributed by atoms with van der Waals surface area (Å²) in [6, 6.07) is 12.9. The molecule has 0 spiro atoms. The van der Waals surface area contributed by atoms with Crippen LogP contribution in [0.4, 0.5) is 6.01 Å². The Kier molecular flexibility index (Phi) is 6.91. The standard InChI is InChI=1S/C21H23N3O6S/c1-4-28-16-7-9-17(10-8-16)29-13-19(25)22-21-24-23-20(30-21)15-5-11-18(12-6-15)31(26,27)14(2)3/h5-12,14H,4,13H2,1-3H3,(H,22,24,25). The average Bonchev–Trinajstić information content (AvgIpc) is 3.22. The van der Waals surface area contributed by atoms with Gasteiger partial charge in [-0.15, -0.1) is 5.10 Å². The molecule has 1 aromatic heterocycles. The smallest absolute Gasteiger partial charge is 0.322 e. The number of benzene rings is 2. The van der Waals surface area contributed by atoms with Gasteiger partial charge in [0.05, 0.1) is 16.8 Å². The van der Waals surface area contributed by atoms with Crippen LogP contribution in [0.3, 0.4) is 0 Å². The predicted octanol–water partition coefficient (Wildman–Crippen LogP) is 3.33. The molecule has 3 aromatic rings. The van der Waals surface area contributed by atoms with Gasteiger partial charge in [0.25, 0.3) is 5.91 Å². The first-order valence-electron chi connectivity index (χ1n) is 9.63. The summed E-state index contributed by atoms with van der Waals surface area (Å²) in [5.74, 6) is 0.910. The highest BCUT2D eigenvalue weighted by Crippen LogP contribution is 2.23. The summed E-state index contributed by atoms with van der Waals surface area (Å²) in [4.78, 5) is 12.3.